The monoisotopic (exact) mass is 215 g/mol. The normalized spacial score (nSPS) is 10.1. The Balaban J connectivity index is 3.31. The van der Waals surface area contributed by atoms with Gasteiger partial charge >= 0.3 is 5.97 Å². The summed E-state index contributed by atoms with van der Waals surface area (Å²) in [5.41, 5.74) is 10.3. The molecule has 0 amide bonds. The maximum atomic E-state index is 11.1. The first kappa shape index (κ1) is 13.7. The second-order valence-corrected chi connectivity index (χ2v) is 3.66. The summed E-state index contributed by atoms with van der Waals surface area (Å²) in [4.78, 5) is 15.0. The van der Waals surface area contributed by atoms with Crippen molar-refractivity contribution in [1.29, 1.82) is 0 Å². The molecule has 0 fully saturated rings. The SMILES string of the molecule is CC(C)OC(=O)CCCCCN=C(N)N. The zero-order valence-corrected chi connectivity index (χ0v) is 9.53. The van der Waals surface area contributed by atoms with E-state index in [1.54, 1.807) is 0 Å². The van der Waals surface area contributed by atoms with E-state index in [0.717, 1.165) is 19.3 Å². The minimum absolute atomic E-state index is 0.0286. The summed E-state index contributed by atoms with van der Waals surface area (Å²) in [5.74, 6) is -0.0129. The predicted octanol–water partition coefficient (Wildman–Crippen LogP) is 0.772. The van der Waals surface area contributed by atoms with Gasteiger partial charge in [-0.3, -0.25) is 9.79 Å². The molecule has 0 aromatic heterocycles. The van der Waals surface area contributed by atoms with E-state index in [9.17, 15) is 4.79 Å². The van der Waals surface area contributed by atoms with Crippen molar-refractivity contribution < 1.29 is 9.53 Å². The Hall–Kier alpha value is -1.26. The van der Waals surface area contributed by atoms with Gasteiger partial charge in [0.2, 0.25) is 0 Å². The second kappa shape index (κ2) is 8.08. The highest BCUT2D eigenvalue weighted by Gasteiger charge is 2.04. The van der Waals surface area contributed by atoms with Crippen molar-refractivity contribution >= 4 is 11.9 Å². The summed E-state index contributed by atoms with van der Waals surface area (Å²) in [6.45, 7) is 4.31. The largest absolute Gasteiger partial charge is 0.463 e. The molecular formula is C10H21N3O2. The first-order valence-corrected chi connectivity index (χ1v) is 5.27. The minimum atomic E-state index is -0.133. The molecule has 88 valence electrons. The van der Waals surface area contributed by atoms with E-state index < -0.39 is 0 Å². The van der Waals surface area contributed by atoms with Crippen molar-refractivity contribution in [3.8, 4) is 0 Å². The zero-order chi connectivity index (χ0) is 11.7. The lowest BCUT2D eigenvalue weighted by molar-refractivity contribution is -0.147. The quantitative estimate of drug-likeness (QED) is 0.284. The molecule has 0 bridgehead atoms. The van der Waals surface area contributed by atoms with Gasteiger partial charge in [-0.15, -0.1) is 0 Å². The molecule has 5 nitrogen and oxygen atoms in total. The number of nitrogens with zero attached hydrogens (tertiary/aromatic N) is 1. The van der Waals surface area contributed by atoms with Gasteiger partial charge in [-0.25, -0.2) is 0 Å². The lowest BCUT2D eigenvalue weighted by Crippen LogP contribution is -2.22. The van der Waals surface area contributed by atoms with E-state index in [1.165, 1.54) is 0 Å². The number of ether oxygens (including phenoxy) is 1. The number of unbranched alkanes of at least 4 members (excludes halogenated alkanes) is 2. The molecule has 0 atom stereocenters. The summed E-state index contributed by atoms with van der Waals surface area (Å²) in [6.07, 6.45) is 3.10. The van der Waals surface area contributed by atoms with E-state index in [0.29, 0.717) is 13.0 Å². The van der Waals surface area contributed by atoms with E-state index in [2.05, 4.69) is 4.99 Å². The highest BCUT2D eigenvalue weighted by atomic mass is 16.5. The van der Waals surface area contributed by atoms with Crippen molar-refractivity contribution in [3.05, 3.63) is 0 Å². The summed E-state index contributed by atoms with van der Waals surface area (Å²) >= 11 is 0. The van der Waals surface area contributed by atoms with Crippen molar-refractivity contribution in [2.45, 2.75) is 45.6 Å². The number of rotatable bonds is 7. The predicted molar refractivity (Wildman–Crippen MR) is 60.4 cm³/mol. The second-order valence-electron chi connectivity index (χ2n) is 3.66. The van der Waals surface area contributed by atoms with Crippen LogP contribution >= 0.6 is 0 Å². The van der Waals surface area contributed by atoms with Crippen molar-refractivity contribution in [1.82, 2.24) is 0 Å². The summed E-state index contributed by atoms with van der Waals surface area (Å²) in [6, 6.07) is 0. The molecule has 0 aromatic rings. The van der Waals surface area contributed by atoms with Crippen LogP contribution in [0.25, 0.3) is 0 Å². The van der Waals surface area contributed by atoms with Crippen LogP contribution < -0.4 is 11.5 Å². The Bertz CT molecular complexity index is 211. The van der Waals surface area contributed by atoms with Crippen LogP contribution in [-0.4, -0.2) is 24.6 Å². The first-order valence-electron chi connectivity index (χ1n) is 5.27. The molecule has 0 aromatic carbocycles. The summed E-state index contributed by atoms with van der Waals surface area (Å²) in [7, 11) is 0. The number of guanidine groups is 1. The number of esters is 1. The lowest BCUT2D eigenvalue weighted by atomic mass is 10.2. The van der Waals surface area contributed by atoms with Crippen LogP contribution in [0, 0.1) is 0 Å². The molecule has 0 aliphatic carbocycles. The van der Waals surface area contributed by atoms with E-state index in [-0.39, 0.29) is 18.0 Å². The molecule has 0 saturated heterocycles. The van der Waals surface area contributed by atoms with E-state index in [1.807, 2.05) is 13.8 Å². The molecule has 0 radical (unpaired) electrons. The van der Waals surface area contributed by atoms with Gasteiger partial charge < -0.3 is 16.2 Å². The third kappa shape index (κ3) is 10.7. The molecule has 0 unspecified atom stereocenters. The fourth-order valence-electron chi connectivity index (χ4n) is 1.09. The van der Waals surface area contributed by atoms with Gasteiger partial charge in [-0.1, -0.05) is 6.42 Å². The number of hydrogen-bond acceptors (Lipinski definition) is 3. The molecule has 4 N–H and O–H groups in total. The van der Waals surface area contributed by atoms with Gasteiger partial charge in [0.05, 0.1) is 6.10 Å². The average molecular weight is 215 g/mol. The number of carbonyl (C=O) groups is 1. The number of carbonyl (C=O) groups excluding carboxylic acids is 1. The molecule has 15 heavy (non-hydrogen) atoms. The Morgan fingerprint density at radius 3 is 2.47 bits per heavy atom. The Kier molecular flexibility index (Phi) is 7.40. The van der Waals surface area contributed by atoms with Gasteiger partial charge in [-0.2, -0.15) is 0 Å². The molecular weight excluding hydrogens is 194 g/mol. The third-order valence-corrected chi connectivity index (χ3v) is 1.70. The van der Waals surface area contributed by atoms with Crippen molar-refractivity contribution in [3.63, 3.8) is 0 Å². The molecule has 0 aliphatic heterocycles. The molecule has 0 saturated carbocycles. The number of aliphatic imine (C=N–C) groups is 1. The van der Waals surface area contributed by atoms with Crippen LogP contribution in [0.3, 0.4) is 0 Å². The molecule has 0 spiro atoms. The van der Waals surface area contributed by atoms with Crippen molar-refractivity contribution in [2.24, 2.45) is 16.5 Å². The fraction of sp³-hybridized carbons (Fsp3) is 0.800. The highest BCUT2D eigenvalue weighted by Crippen LogP contribution is 2.03. The topological polar surface area (TPSA) is 90.7 Å². The number of nitrogens with two attached hydrogens (primary N) is 2. The molecule has 0 aliphatic rings. The molecule has 5 heteroatoms. The van der Waals surface area contributed by atoms with Gasteiger partial charge in [0, 0.05) is 13.0 Å². The first-order chi connectivity index (χ1) is 7.02. The standard InChI is InChI=1S/C10H21N3O2/c1-8(2)15-9(14)6-4-3-5-7-13-10(11)12/h8H,3-7H2,1-2H3,(H4,11,12,13). The summed E-state index contributed by atoms with van der Waals surface area (Å²) < 4.78 is 4.99. The van der Waals surface area contributed by atoms with Gasteiger partial charge in [0.1, 0.15) is 0 Å². The Morgan fingerprint density at radius 2 is 1.93 bits per heavy atom. The van der Waals surface area contributed by atoms with Crippen LogP contribution in [0.4, 0.5) is 0 Å². The van der Waals surface area contributed by atoms with Crippen LogP contribution in [-0.2, 0) is 9.53 Å². The summed E-state index contributed by atoms with van der Waals surface area (Å²) in [5, 5.41) is 0. The van der Waals surface area contributed by atoms with Crippen LogP contribution in [0.5, 0.6) is 0 Å². The molecule has 0 rings (SSSR count). The smallest absolute Gasteiger partial charge is 0.306 e. The lowest BCUT2D eigenvalue weighted by Gasteiger charge is -2.06. The van der Waals surface area contributed by atoms with Gasteiger partial charge in [0.25, 0.3) is 0 Å². The Morgan fingerprint density at radius 1 is 1.27 bits per heavy atom. The Labute approximate surface area is 90.9 Å². The van der Waals surface area contributed by atoms with Crippen molar-refractivity contribution in [2.75, 3.05) is 6.54 Å². The van der Waals surface area contributed by atoms with Crippen LogP contribution in [0.2, 0.25) is 0 Å². The maximum Gasteiger partial charge on any atom is 0.306 e. The van der Waals surface area contributed by atoms with Crippen LogP contribution in [0.1, 0.15) is 39.5 Å². The van der Waals surface area contributed by atoms with Crippen LogP contribution in [0.15, 0.2) is 4.99 Å². The van der Waals surface area contributed by atoms with Gasteiger partial charge in [0.15, 0.2) is 5.96 Å². The fourth-order valence-corrected chi connectivity index (χ4v) is 1.09. The van der Waals surface area contributed by atoms with E-state index >= 15 is 0 Å². The van der Waals surface area contributed by atoms with E-state index in [4.69, 9.17) is 16.2 Å². The number of hydrogen-bond donors (Lipinski definition) is 2. The average Bonchev–Trinajstić information content (AvgIpc) is 2.09. The minimum Gasteiger partial charge on any atom is -0.463 e. The molecule has 0 heterocycles. The van der Waals surface area contributed by atoms with Gasteiger partial charge in [-0.05, 0) is 26.7 Å². The zero-order valence-electron chi connectivity index (χ0n) is 9.53. The maximum absolute atomic E-state index is 11.1. The third-order valence-electron chi connectivity index (χ3n) is 1.70. The highest BCUT2D eigenvalue weighted by molar-refractivity contribution is 5.75.